The van der Waals surface area contributed by atoms with E-state index in [9.17, 15) is 9.90 Å². The lowest BCUT2D eigenvalue weighted by atomic mass is 10.0. The molecule has 1 aliphatic carbocycles. The van der Waals surface area contributed by atoms with Crippen molar-refractivity contribution in [3.05, 3.63) is 24.3 Å². The lowest BCUT2D eigenvalue weighted by molar-refractivity contribution is -0.121. The van der Waals surface area contributed by atoms with Gasteiger partial charge >= 0.3 is 0 Å². The first-order valence-corrected chi connectivity index (χ1v) is 9.28. The fourth-order valence-corrected chi connectivity index (χ4v) is 4.95. The van der Waals surface area contributed by atoms with Gasteiger partial charge in [0.25, 0.3) is 0 Å². The molecule has 1 atom stereocenters. The summed E-state index contributed by atoms with van der Waals surface area (Å²) in [5, 5.41) is 12.9. The van der Waals surface area contributed by atoms with Gasteiger partial charge in [-0.05, 0) is 31.9 Å². The van der Waals surface area contributed by atoms with Gasteiger partial charge in [-0.15, -0.1) is 11.3 Å². The van der Waals surface area contributed by atoms with Crippen LogP contribution in [0.1, 0.15) is 32.6 Å². The first-order valence-electron chi connectivity index (χ1n) is 7.58. The summed E-state index contributed by atoms with van der Waals surface area (Å²) in [5.74, 6) is -0.0374. The number of rotatable bonds is 5. The van der Waals surface area contributed by atoms with Crippen molar-refractivity contribution in [1.29, 1.82) is 0 Å². The highest BCUT2D eigenvalue weighted by Gasteiger charge is 2.31. The predicted octanol–water partition coefficient (Wildman–Crippen LogP) is 3.20. The number of carbonyl (C=O) groups is 1. The first-order chi connectivity index (χ1) is 10.6. The van der Waals surface area contributed by atoms with Crippen molar-refractivity contribution < 1.29 is 9.90 Å². The van der Waals surface area contributed by atoms with Crippen molar-refractivity contribution in [3.63, 3.8) is 0 Å². The Labute approximate surface area is 138 Å². The van der Waals surface area contributed by atoms with E-state index in [4.69, 9.17) is 0 Å². The molecule has 1 fully saturated rings. The molecule has 6 heteroatoms. The smallest absolute Gasteiger partial charge is 0.233 e. The fourth-order valence-electron chi connectivity index (χ4n) is 2.71. The molecule has 0 radical (unpaired) electrons. The van der Waals surface area contributed by atoms with Gasteiger partial charge in [0.2, 0.25) is 5.91 Å². The van der Waals surface area contributed by atoms with Crippen LogP contribution in [-0.2, 0) is 4.79 Å². The van der Waals surface area contributed by atoms with Crippen LogP contribution < -0.4 is 5.32 Å². The van der Waals surface area contributed by atoms with Crippen molar-refractivity contribution in [2.75, 3.05) is 6.54 Å². The first kappa shape index (κ1) is 15.8. The molecular weight excluding hydrogens is 316 g/mol. The second-order valence-corrected chi connectivity index (χ2v) is 8.48. The Morgan fingerprint density at radius 3 is 2.91 bits per heavy atom. The molecule has 0 saturated heterocycles. The number of fused-ring (bicyclic) bond motifs is 1. The second-order valence-electron chi connectivity index (χ2n) is 5.86. The summed E-state index contributed by atoms with van der Waals surface area (Å²) in [5.41, 5.74) is 0.276. The normalized spacial score (nSPS) is 18.5. The highest BCUT2D eigenvalue weighted by atomic mass is 32.2. The number of nitrogens with zero attached hydrogens (tertiary/aromatic N) is 1. The minimum Gasteiger partial charge on any atom is -0.388 e. The molecule has 118 valence electrons. The van der Waals surface area contributed by atoms with E-state index in [0.717, 1.165) is 40.2 Å². The quantitative estimate of drug-likeness (QED) is 0.823. The molecule has 0 aliphatic heterocycles. The highest BCUT2D eigenvalue weighted by Crippen LogP contribution is 2.32. The number of hydrogen-bond donors (Lipinski definition) is 2. The summed E-state index contributed by atoms with van der Waals surface area (Å²) >= 11 is 3.08. The average Bonchev–Trinajstić information content (AvgIpc) is 3.10. The molecule has 1 amide bonds. The fraction of sp³-hybridized carbons (Fsp3) is 0.500. The van der Waals surface area contributed by atoms with Gasteiger partial charge in [0, 0.05) is 6.54 Å². The van der Waals surface area contributed by atoms with Crippen LogP contribution in [0.4, 0.5) is 0 Å². The van der Waals surface area contributed by atoms with Crippen LogP contribution in [0.5, 0.6) is 0 Å². The van der Waals surface area contributed by atoms with E-state index in [1.54, 1.807) is 11.3 Å². The third kappa shape index (κ3) is 3.62. The number of aromatic nitrogens is 1. The molecule has 1 saturated carbocycles. The Bertz CT molecular complexity index is 632. The molecule has 2 aromatic rings. The van der Waals surface area contributed by atoms with E-state index in [1.165, 1.54) is 11.8 Å². The molecule has 22 heavy (non-hydrogen) atoms. The largest absolute Gasteiger partial charge is 0.388 e. The van der Waals surface area contributed by atoms with Gasteiger partial charge in [-0.25, -0.2) is 4.98 Å². The molecule has 1 aliphatic rings. The monoisotopic (exact) mass is 336 g/mol. The summed E-state index contributed by atoms with van der Waals surface area (Å²) in [6.45, 7) is 2.24. The number of aliphatic hydroxyl groups is 1. The van der Waals surface area contributed by atoms with Gasteiger partial charge in [0.1, 0.15) is 0 Å². The van der Waals surface area contributed by atoms with Crippen LogP contribution in [0, 0.1) is 0 Å². The zero-order chi connectivity index (χ0) is 15.6. The third-order valence-electron chi connectivity index (χ3n) is 4.05. The van der Waals surface area contributed by atoms with Gasteiger partial charge in [-0.1, -0.05) is 36.7 Å². The van der Waals surface area contributed by atoms with Crippen molar-refractivity contribution in [2.45, 2.75) is 47.8 Å². The van der Waals surface area contributed by atoms with Crippen LogP contribution in [0.2, 0.25) is 0 Å². The molecule has 0 bridgehead atoms. The van der Waals surface area contributed by atoms with Crippen LogP contribution in [0.15, 0.2) is 28.6 Å². The number of thioether (sulfide) groups is 1. The summed E-state index contributed by atoms with van der Waals surface area (Å²) in [6.07, 6.45) is 3.66. The zero-order valence-corrected chi connectivity index (χ0v) is 14.2. The molecule has 2 N–H and O–H groups in total. The maximum Gasteiger partial charge on any atom is 0.233 e. The minimum absolute atomic E-state index is 0.0374. The molecule has 1 aromatic carbocycles. The van der Waals surface area contributed by atoms with Crippen molar-refractivity contribution in [3.8, 4) is 0 Å². The summed E-state index contributed by atoms with van der Waals surface area (Å²) < 4.78 is 2.04. The van der Waals surface area contributed by atoms with Crippen molar-refractivity contribution in [2.24, 2.45) is 0 Å². The number of para-hydroxylation sites is 1. The summed E-state index contributed by atoms with van der Waals surface area (Å²) in [7, 11) is 0. The Morgan fingerprint density at radius 1 is 1.45 bits per heavy atom. The molecule has 1 heterocycles. The zero-order valence-electron chi connectivity index (χ0n) is 12.5. The Hall–Kier alpha value is -1.11. The van der Waals surface area contributed by atoms with E-state index in [-0.39, 0.29) is 11.2 Å². The average molecular weight is 336 g/mol. The summed E-state index contributed by atoms with van der Waals surface area (Å²) in [6, 6.07) is 7.98. The van der Waals surface area contributed by atoms with Gasteiger partial charge in [-0.3, -0.25) is 4.79 Å². The topological polar surface area (TPSA) is 62.2 Å². The molecule has 3 rings (SSSR count). The van der Waals surface area contributed by atoms with Crippen LogP contribution in [0.25, 0.3) is 10.2 Å². The third-order valence-corrected chi connectivity index (χ3v) is 6.28. The number of thiazole rings is 1. The van der Waals surface area contributed by atoms with E-state index in [2.05, 4.69) is 10.3 Å². The molecule has 1 aromatic heterocycles. The summed E-state index contributed by atoms with van der Waals surface area (Å²) in [4.78, 5) is 16.7. The Balaban J connectivity index is 1.56. The Morgan fingerprint density at radius 2 is 2.18 bits per heavy atom. The standard InChI is InChI=1S/C16H20N2O2S2/c1-11(14(19)17-10-16(20)8-4-5-9-16)21-15-18-12-6-2-3-7-13(12)22-15/h2-3,6-7,11,20H,4-5,8-10H2,1H3,(H,17,19). The number of carbonyl (C=O) groups excluding carboxylic acids is 1. The predicted molar refractivity (Wildman–Crippen MR) is 91.4 cm³/mol. The highest BCUT2D eigenvalue weighted by molar-refractivity contribution is 8.02. The van der Waals surface area contributed by atoms with Crippen molar-refractivity contribution >= 4 is 39.2 Å². The number of nitrogens with one attached hydrogen (secondary N) is 1. The van der Waals surface area contributed by atoms with E-state index in [1.807, 2.05) is 31.2 Å². The van der Waals surface area contributed by atoms with Crippen LogP contribution in [-0.4, -0.2) is 33.4 Å². The lowest BCUT2D eigenvalue weighted by Gasteiger charge is -2.23. The molecular formula is C16H20N2O2S2. The van der Waals surface area contributed by atoms with Gasteiger partial charge < -0.3 is 10.4 Å². The SMILES string of the molecule is CC(Sc1nc2ccccc2s1)C(=O)NCC1(O)CCCC1. The van der Waals surface area contributed by atoms with E-state index >= 15 is 0 Å². The second kappa shape index (κ2) is 6.56. The number of amides is 1. The maximum absolute atomic E-state index is 12.2. The number of hydrogen-bond acceptors (Lipinski definition) is 5. The molecule has 1 unspecified atom stereocenters. The lowest BCUT2D eigenvalue weighted by Crippen LogP contribution is -2.43. The number of benzene rings is 1. The van der Waals surface area contributed by atoms with Crippen LogP contribution in [0.3, 0.4) is 0 Å². The van der Waals surface area contributed by atoms with E-state index in [0.29, 0.717) is 6.54 Å². The maximum atomic E-state index is 12.2. The van der Waals surface area contributed by atoms with Gasteiger partial charge in [-0.2, -0.15) is 0 Å². The minimum atomic E-state index is -0.699. The molecule has 4 nitrogen and oxygen atoms in total. The van der Waals surface area contributed by atoms with Crippen molar-refractivity contribution in [1.82, 2.24) is 10.3 Å². The Kier molecular flexibility index (Phi) is 4.70. The van der Waals surface area contributed by atoms with Crippen LogP contribution >= 0.6 is 23.1 Å². The van der Waals surface area contributed by atoms with Gasteiger partial charge in [0.15, 0.2) is 4.34 Å². The molecule has 0 spiro atoms. The van der Waals surface area contributed by atoms with Gasteiger partial charge in [0.05, 0.1) is 21.1 Å². The van der Waals surface area contributed by atoms with E-state index < -0.39 is 5.60 Å².